The molecule has 88 valence electrons. The topological polar surface area (TPSA) is 78.6 Å². The van der Waals surface area contributed by atoms with E-state index in [1.807, 2.05) is 0 Å². The van der Waals surface area contributed by atoms with Crippen molar-refractivity contribution in [3.8, 4) is 0 Å². The maximum atomic E-state index is 10.9. The highest BCUT2D eigenvalue weighted by Crippen LogP contribution is 2.11. The molecule has 0 bridgehead atoms. The molecule has 0 aromatic rings. The molecule has 1 aliphatic rings. The van der Waals surface area contributed by atoms with Crippen molar-refractivity contribution in [2.45, 2.75) is 25.3 Å². The first-order valence-corrected chi connectivity index (χ1v) is 5.58. The summed E-state index contributed by atoms with van der Waals surface area (Å²) in [5.41, 5.74) is 5.21. The van der Waals surface area contributed by atoms with Gasteiger partial charge in [0, 0.05) is 19.2 Å². The molecule has 0 radical (unpaired) electrons. The number of piperidine rings is 1. The minimum absolute atomic E-state index is 0.167. The fourth-order valence-electron chi connectivity index (χ4n) is 2.04. The number of rotatable bonds is 6. The number of nitrogens with two attached hydrogens (primary N) is 1. The number of amides is 1. The first-order chi connectivity index (χ1) is 7.24. The van der Waals surface area contributed by atoms with Crippen molar-refractivity contribution in [3.05, 3.63) is 0 Å². The molecule has 0 saturated carbocycles. The van der Waals surface area contributed by atoms with E-state index in [4.69, 9.17) is 10.8 Å². The van der Waals surface area contributed by atoms with Gasteiger partial charge < -0.3 is 16.2 Å². The van der Waals surface area contributed by atoms with E-state index in [-0.39, 0.29) is 12.5 Å². The SMILES string of the molecule is NC(=O)CN(CCCO)C1CCNCC1. The average Bonchev–Trinajstić information content (AvgIpc) is 2.25. The van der Waals surface area contributed by atoms with E-state index in [0.717, 1.165) is 32.5 Å². The van der Waals surface area contributed by atoms with E-state index in [1.54, 1.807) is 0 Å². The van der Waals surface area contributed by atoms with E-state index in [9.17, 15) is 4.79 Å². The number of primary amides is 1. The molecule has 1 fully saturated rings. The third kappa shape index (κ3) is 4.59. The van der Waals surface area contributed by atoms with Crippen LogP contribution in [0.15, 0.2) is 0 Å². The lowest BCUT2D eigenvalue weighted by Gasteiger charge is -2.33. The maximum Gasteiger partial charge on any atom is 0.231 e. The summed E-state index contributed by atoms with van der Waals surface area (Å²) in [6.45, 7) is 3.23. The maximum absolute atomic E-state index is 10.9. The molecule has 0 aromatic heterocycles. The van der Waals surface area contributed by atoms with Gasteiger partial charge in [0.05, 0.1) is 6.54 Å². The monoisotopic (exact) mass is 215 g/mol. The van der Waals surface area contributed by atoms with Crippen molar-refractivity contribution in [1.29, 1.82) is 0 Å². The first kappa shape index (κ1) is 12.4. The number of carbonyl (C=O) groups is 1. The Kier molecular flexibility index (Phi) is 5.60. The number of nitrogens with one attached hydrogen (secondary N) is 1. The number of carbonyl (C=O) groups excluding carboxylic acids is 1. The number of aliphatic hydroxyl groups excluding tert-OH is 1. The standard InChI is InChI=1S/C10H21N3O2/c11-10(15)8-13(6-1-7-14)9-2-4-12-5-3-9/h9,12,14H,1-8H2,(H2,11,15). The Labute approximate surface area is 90.6 Å². The van der Waals surface area contributed by atoms with Gasteiger partial charge in [-0.1, -0.05) is 0 Å². The Morgan fingerprint density at radius 1 is 1.47 bits per heavy atom. The molecule has 0 atom stereocenters. The largest absolute Gasteiger partial charge is 0.396 e. The molecule has 1 rings (SSSR count). The van der Waals surface area contributed by atoms with Crippen molar-refractivity contribution in [2.24, 2.45) is 5.73 Å². The predicted molar refractivity (Wildman–Crippen MR) is 58.4 cm³/mol. The summed E-state index contributed by atoms with van der Waals surface area (Å²) >= 11 is 0. The van der Waals surface area contributed by atoms with Gasteiger partial charge in [0.15, 0.2) is 0 Å². The predicted octanol–water partition coefficient (Wildman–Crippen LogP) is -1.09. The van der Waals surface area contributed by atoms with Crippen LogP contribution < -0.4 is 11.1 Å². The zero-order valence-corrected chi connectivity index (χ0v) is 9.11. The number of nitrogens with zero attached hydrogens (tertiary/aromatic N) is 1. The van der Waals surface area contributed by atoms with Crippen LogP contribution in [0, 0.1) is 0 Å². The van der Waals surface area contributed by atoms with Crippen molar-refractivity contribution in [3.63, 3.8) is 0 Å². The Bertz CT molecular complexity index is 193. The molecular formula is C10H21N3O2. The van der Waals surface area contributed by atoms with E-state index >= 15 is 0 Å². The molecule has 1 aliphatic heterocycles. The lowest BCUT2D eigenvalue weighted by molar-refractivity contribution is -0.119. The summed E-state index contributed by atoms with van der Waals surface area (Å²) < 4.78 is 0. The normalized spacial score (nSPS) is 18.3. The summed E-state index contributed by atoms with van der Waals surface area (Å²) in [7, 11) is 0. The van der Waals surface area contributed by atoms with Crippen LogP contribution in [0.2, 0.25) is 0 Å². The molecule has 0 aromatic carbocycles. The molecule has 0 unspecified atom stereocenters. The quantitative estimate of drug-likeness (QED) is 0.526. The second-order valence-corrected chi connectivity index (χ2v) is 4.00. The van der Waals surface area contributed by atoms with Crippen molar-refractivity contribution in [2.75, 3.05) is 32.8 Å². The van der Waals surface area contributed by atoms with E-state index in [2.05, 4.69) is 10.2 Å². The lowest BCUT2D eigenvalue weighted by Crippen LogP contribution is -2.47. The Morgan fingerprint density at radius 3 is 2.67 bits per heavy atom. The summed E-state index contributed by atoms with van der Waals surface area (Å²) in [6, 6.07) is 0.435. The van der Waals surface area contributed by atoms with Crippen LogP contribution >= 0.6 is 0 Å². The Morgan fingerprint density at radius 2 is 2.13 bits per heavy atom. The molecule has 0 spiro atoms. The minimum Gasteiger partial charge on any atom is -0.396 e. The van der Waals surface area contributed by atoms with E-state index < -0.39 is 0 Å². The molecule has 1 amide bonds. The van der Waals surface area contributed by atoms with Gasteiger partial charge in [0.25, 0.3) is 0 Å². The van der Waals surface area contributed by atoms with Gasteiger partial charge in [-0.25, -0.2) is 0 Å². The minimum atomic E-state index is -0.286. The van der Waals surface area contributed by atoms with Gasteiger partial charge in [-0.15, -0.1) is 0 Å². The fourth-order valence-corrected chi connectivity index (χ4v) is 2.04. The molecule has 1 saturated heterocycles. The summed E-state index contributed by atoms with van der Waals surface area (Å²) in [6.07, 6.45) is 2.81. The van der Waals surface area contributed by atoms with Crippen LogP contribution in [0.3, 0.4) is 0 Å². The van der Waals surface area contributed by atoms with Gasteiger partial charge in [0.2, 0.25) is 5.91 Å². The molecule has 0 aliphatic carbocycles. The van der Waals surface area contributed by atoms with Crippen LogP contribution in [-0.4, -0.2) is 54.7 Å². The third-order valence-electron chi connectivity index (χ3n) is 2.79. The zero-order chi connectivity index (χ0) is 11.1. The van der Waals surface area contributed by atoms with Gasteiger partial charge in [-0.3, -0.25) is 9.69 Å². The van der Waals surface area contributed by atoms with Crippen molar-refractivity contribution >= 4 is 5.91 Å². The lowest BCUT2D eigenvalue weighted by atomic mass is 10.0. The van der Waals surface area contributed by atoms with Gasteiger partial charge in [-0.2, -0.15) is 0 Å². The third-order valence-corrected chi connectivity index (χ3v) is 2.79. The Hall–Kier alpha value is -0.650. The second kappa shape index (κ2) is 6.76. The molecule has 1 heterocycles. The molecule has 15 heavy (non-hydrogen) atoms. The van der Waals surface area contributed by atoms with Gasteiger partial charge in [-0.05, 0) is 32.4 Å². The zero-order valence-electron chi connectivity index (χ0n) is 9.11. The highest BCUT2D eigenvalue weighted by atomic mass is 16.3. The van der Waals surface area contributed by atoms with Crippen LogP contribution in [0.1, 0.15) is 19.3 Å². The van der Waals surface area contributed by atoms with Crippen LogP contribution in [0.25, 0.3) is 0 Å². The number of hydrogen-bond acceptors (Lipinski definition) is 4. The van der Waals surface area contributed by atoms with Crippen molar-refractivity contribution in [1.82, 2.24) is 10.2 Å². The summed E-state index contributed by atoms with van der Waals surface area (Å²) in [5, 5.41) is 12.1. The fraction of sp³-hybridized carbons (Fsp3) is 0.900. The molecule has 5 heteroatoms. The van der Waals surface area contributed by atoms with Crippen LogP contribution in [-0.2, 0) is 4.79 Å². The van der Waals surface area contributed by atoms with E-state index in [1.165, 1.54) is 0 Å². The smallest absolute Gasteiger partial charge is 0.231 e. The number of hydrogen-bond donors (Lipinski definition) is 3. The van der Waals surface area contributed by atoms with E-state index in [0.29, 0.717) is 19.0 Å². The molecule has 5 nitrogen and oxygen atoms in total. The first-order valence-electron chi connectivity index (χ1n) is 5.58. The average molecular weight is 215 g/mol. The molecule has 4 N–H and O–H groups in total. The Balaban J connectivity index is 2.41. The summed E-state index contributed by atoms with van der Waals surface area (Å²) in [5.74, 6) is -0.286. The number of aliphatic hydroxyl groups is 1. The highest BCUT2D eigenvalue weighted by molar-refractivity contribution is 5.75. The van der Waals surface area contributed by atoms with Crippen LogP contribution in [0.5, 0.6) is 0 Å². The highest BCUT2D eigenvalue weighted by Gasteiger charge is 2.21. The van der Waals surface area contributed by atoms with Crippen LogP contribution in [0.4, 0.5) is 0 Å². The van der Waals surface area contributed by atoms with Crippen molar-refractivity contribution < 1.29 is 9.90 Å². The van der Waals surface area contributed by atoms with Gasteiger partial charge in [0.1, 0.15) is 0 Å². The second-order valence-electron chi connectivity index (χ2n) is 4.00. The molecular weight excluding hydrogens is 194 g/mol. The van der Waals surface area contributed by atoms with Gasteiger partial charge >= 0.3 is 0 Å². The summed E-state index contributed by atoms with van der Waals surface area (Å²) in [4.78, 5) is 13.0.